The molecule has 1 amide bonds. The Morgan fingerprint density at radius 1 is 1.33 bits per heavy atom. The highest BCUT2D eigenvalue weighted by molar-refractivity contribution is 5.95. The van der Waals surface area contributed by atoms with Crippen LogP contribution >= 0.6 is 0 Å². The van der Waals surface area contributed by atoms with Gasteiger partial charge >= 0.3 is 0 Å². The van der Waals surface area contributed by atoms with Crippen molar-refractivity contribution in [1.82, 2.24) is 4.98 Å². The van der Waals surface area contributed by atoms with Crippen LogP contribution in [0.4, 0.5) is 11.4 Å². The number of hydrogen-bond donors (Lipinski definition) is 2. The number of nitro groups is 1. The minimum Gasteiger partial charge on any atom is -0.505 e. The predicted molar refractivity (Wildman–Crippen MR) is 75.9 cm³/mol. The molecule has 2 aromatic rings. The van der Waals surface area contributed by atoms with Crippen LogP contribution in [0.15, 0.2) is 42.7 Å². The van der Waals surface area contributed by atoms with Gasteiger partial charge in [-0.2, -0.15) is 0 Å². The molecule has 0 aliphatic carbocycles. The molecule has 0 aliphatic rings. The molecule has 108 valence electrons. The Bertz CT molecular complexity index is 659. The topological polar surface area (TPSA) is 105 Å². The number of pyridine rings is 1. The van der Waals surface area contributed by atoms with Gasteiger partial charge in [-0.05, 0) is 24.1 Å². The third-order valence-electron chi connectivity index (χ3n) is 2.85. The van der Waals surface area contributed by atoms with E-state index in [1.165, 1.54) is 18.2 Å². The van der Waals surface area contributed by atoms with E-state index in [0.717, 1.165) is 5.56 Å². The maximum Gasteiger partial charge on any atom is 0.296 e. The summed E-state index contributed by atoms with van der Waals surface area (Å²) in [4.78, 5) is 26.0. The molecular weight excluding hydrogens is 274 g/mol. The number of para-hydroxylation sites is 1. The fourth-order valence-electron chi connectivity index (χ4n) is 1.81. The Morgan fingerprint density at radius 3 is 2.81 bits per heavy atom. The van der Waals surface area contributed by atoms with Crippen molar-refractivity contribution in [2.45, 2.75) is 12.8 Å². The lowest BCUT2D eigenvalue weighted by molar-refractivity contribution is -0.384. The average molecular weight is 287 g/mol. The molecule has 1 aromatic heterocycles. The van der Waals surface area contributed by atoms with E-state index < -0.39 is 10.8 Å². The number of anilines is 1. The number of nitrogens with zero attached hydrogens (tertiary/aromatic N) is 2. The monoisotopic (exact) mass is 287 g/mol. The standard InChI is InChI=1S/C14H13N3O4/c18-12-5-1-4-11(17(20)21)14(12)16-13(19)7-6-10-3-2-8-15-9-10/h1-5,8-9,18H,6-7H2,(H,16,19). The number of phenolic OH excluding ortho intramolecular Hbond substituents is 1. The summed E-state index contributed by atoms with van der Waals surface area (Å²) in [6, 6.07) is 7.45. The summed E-state index contributed by atoms with van der Waals surface area (Å²) in [5, 5.41) is 22.9. The molecule has 2 rings (SSSR count). The first-order valence-corrected chi connectivity index (χ1v) is 6.23. The number of carbonyl (C=O) groups excluding carboxylic acids is 1. The van der Waals surface area contributed by atoms with Crippen LogP contribution in [0.25, 0.3) is 0 Å². The number of carbonyl (C=O) groups is 1. The molecule has 0 aliphatic heterocycles. The maximum absolute atomic E-state index is 11.8. The second-order valence-electron chi connectivity index (χ2n) is 4.34. The molecule has 0 radical (unpaired) electrons. The van der Waals surface area contributed by atoms with Crippen LogP contribution < -0.4 is 5.32 Å². The first kappa shape index (κ1) is 14.4. The molecule has 0 bridgehead atoms. The van der Waals surface area contributed by atoms with Gasteiger partial charge in [-0.3, -0.25) is 19.9 Å². The summed E-state index contributed by atoms with van der Waals surface area (Å²) in [6.07, 6.45) is 3.88. The quantitative estimate of drug-likeness (QED) is 0.498. The molecule has 7 heteroatoms. The Balaban J connectivity index is 2.05. The lowest BCUT2D eigenvalue weighted by atomic mass is 10.1. The predicted octanol–water partition coefficient (Wildman–Crippen LogP) is 2.27. The molecule has 0 fully saturated rings. The van der Waals surface area contributed by atoms with E-state index in [1.54, 1.807) is 18.5 Å². The molecular formula is C14H13N3O4. The number of hydrogen-bond acceptors (Lipinski definition) is 5. The second-order valence-corrected chi connectivity index (χ2v) is 4.34. The fraction of sp³-hybridized carbons (Fsp3) is 0.143. The third-order valence-corrected chi connectivity index (χ3v) is 2.85. The van der Waals surface area contributed by atoms with Gasteiger partial charge in [0, 0.05) is 24.9 Å². The lowest BCUT2D eigenvalue weighted by Gasteiger charge is -2.07. The van der Waals surface area contributed by atoms with Gasteiger partial charge in [-0.25, -0.2) is 0 Å². The number of aromatic nitrogens is 1. The van der Waals surface area contributed by atoms with Gasteiger partial charge in [0.2, 0.25) is 5.91 Å². The summed E-state index contributed by atoms with van der Waals surface area (Å²) in [5.41, 5.74) is 0.364. The van der Waals surface area contributed by atoms with Crippen LogP contribution in [-0.2, 0) is 11.2 Å². The number of rotatable bonds is 5. The van der Waals surface area contributed by atoms with Crippen molar-refractivity contribution in [3.05, 3.63) is 58.4 Å². The van der Waals surface area contributed by atoms with Crippen molar-refractivity contribution in [3.8, 4) is 5.75 Å². The zero-order chi connectivity index (χ0) is 15.2. The molecule has 0 spiro atoms. The van der Waals surface area contributed by atoms with Gasteiger partial charge in [0.25, 0.3) is 5.69 Å². The van der Waals surface area contributed by atoms with E-state index in [0.29, 0.717) is 6.42 Å². The van der Waals surface area contributed by atoms with Crippen LogP contribution in [-0.4, -0.2) is 20.9 Å². The third kappa shape index (κ3) is 3.75. The van der Waals surface area contributed by atoms with Crippen LogP contribution in [0, 0.1) is 10.1 Å². The van der Waals surface area contributed by atoms with Gasteiger partial charge in [-0.15, -0.1) is 0 Å². The normalized spacial score (nSPS) is 10.1. The summed E-state index contributed by atoms with van der Waals surface area (Å²) in [5.74, 6) is -0.748. The molecule has 1 heterocycles. The highest BCUT2D eigenvalue weighted by Gasteiger charge is 2.19. The molecule has 7 nitrogen and oxygen atoms in total. The Morgan fingerprint density at radius 2 is 2.14 bits per heavy atom. The number of aryl methyl sites for hydroxylation is 1. The average Bonchev–Trinajstić information content (AvgIpc) is 2.48. The SMILES string of the molecule is O=C(CCc1cccnc1)Nc1c(O)cccc1[N+](=O)[O-]. The molecule has 21 heavy (non-hydrogen) atoms. The zero-order valence-corrected chi connectivity index (χ0v) is 11.0. The molecule has 0 atom stereocenters. The highest BCUT2D eigenvalue weighted by Crippen LogP contribution is 2.33. The van der Waals surface area contributed by atoms with E-state index in [9.17, 15) is 20.0 Å². The smallest absolute Gasteiger partial charge is 0.296 e. The van der Waals surface area contributed by atoms with Gasteiger partial charge in [0.1, 0.15) is 5.75 Å². The number of aromatic hydroxyl groups is 1. The molecule has 2 N–H and O–H groups in total. The van der Waals surface area contributed by atoms with Gasteiger partial charge < -0.3 is 10.4 Å². The Hall–Kier alpha value is -2.96. The fourth-order valence-corrected chi connectivity index (χ4v) is 1.81. The van der Waals surface area contributed by atoms with Gasteiger partial charge in [0.15, 0.2) is 5.69 Å². The number of nitrogens with one attached hydrogen (secondary N) is 1. The Kier molecular flexibility index (Phi) is 4.45. The number of nitro benzene ring substituents is 1. The summed E-state index contributed by atoms with van der Waals surface area (Å²) in [7, 11) is 0. The second kappa shape index (κ2) is 6.47. The van der Waals surface area contributed by atoms with Gasteiger partial charge in [0.05, 0.1) is 4.92 Å². The summed E-state index contributed by atoms with van der Waals surface area (Å²) < 4.78 is 0. The van der Waals surface area contributed by atoms with Crippen molar-refractivity contribution in [2.75, 3.05) is 5.32 Å². The largest absolute Gasteiger partial charge is 0.505 e. The molecule has 1 aromatic carbocycles. The number of phenols is 1. The number of amides is 1. The minimum atomic E-state index is -0.656. The molecule has 0 saturated carbocycles. The van der Waals surface area contributed by atoms with E-state index in [-0.39, 0.29) is 23.5 Å². The maximum atomic E-state index is 11.8. The first-order valence-electron chi connectivity index (χ1n) is 6.23. The van der Waals surface area contributed by atoms with Crippen molar-refractivity contribution >= 4 is 17.3 Å². The van der Waals surface area contributed by atoms with Crippen LogP contribution in [0.3, 0.4) is 0 Å². The van der Waals surface area contributed by atoms with Gasteiger partial charge in [-0.1, -0.05) is 12.1 Å². The lowest BCUT2D eigenvalue weighted by Crippen LogP contribution is -2.13. The zero-order valence-electron chi connectivity index (χ0n) is 11.0. The van der Waals surface area contributed by atoms with E-state index in [1.807, 2.05) is 6.07 Å². The van der Waals surface area contributed by atoms with Crippen molar-refractivity contribution in [2.24, 2.45) is 0 Å². The van der Waals surface area contributed by atoms with E-state index in [4.69, 9.17) is 0 Å². The van der Waals surface area contributed by atoms with Crippen LogP contribution in [0.5, 0.6) is 5.75 Å². The van der Waals surface area contributed by atoms with E-state index in [2.05, 4.69) is 10.3 Å². The first-order chi connectivity index (χ1) is 10.1. The molecule has 0 unspecified atom stereocenters. The Labute approximate surface area is 120 Å². The number of benzene rings is 1. The summed E-state index contributed by atoms with van der Waals surface area (Å²) in [6.45, 7) is 0. The van der Waals surface area contributed by atoms with Crippen molar-refractivity contribution in [3.63, 3.8) is 0 Å². The highest BCUT2D eigenvalue weighted by atomic mass is 16.6. The summed E-state index contributed by atoms with van der Waals surface area (Å²) >= 11 is 0. The van der Waals surface area contributed by atoms with Crippen LogP contribution in [0.2, 0.25) is 0 Å². The van der Waals surface area contributed by atoms with Crippen LogP contribution in [0.1, 0.15) is 12.0 Å². The van der Waals surface area contributed by atoms with Crippen molar-refractivity contribution in [1.29, 1.82) is 0 Å². The minimum absolute atomic E-state index is 0.136. The van der Waals surface area contributed by atoms with E-state index >= 15 is 0 Å². The van der Waals surface area contributed by atoms with Crippen molar-refractivity contribution < 1.29 is 14.8 Å². The molecule has 0 saturated heterocycles.